The van der Waals surface area contributed by atoms with Crippen molar-refractivity contribution in [3.8, 4) is 0 Å². The van der Waals surface area contributed by atoms with Gasteiger partial charge in [-0.15, -0.1) is 11.8 Å². The molecule has 2 amide bonds. The standard InChI is InChI=1S/C40H42N4O6S/c1-27(2)35-37(46)50-31(23-33(45)41-24-34-42-32(25-48-34)36-44-39(3,26-49-36)38(47)43-35)21-13-14-22-51-40(28-15-7-4-8-16-28,29-17-9-5-10-18-29)30-19-11-6-12-20-30/h4-13,15-21,25,27,31,35H,14,22-24,26H2,1-3H3,(H,41,45)(H,43,47)/b21-13+/t31?,35-,39-/m0/s1. The number of ether oxygens (including phenoxy) is 2. The largest absolute Gasteiger partial charge is 0.473 e. The van der Waals surface area contributed by atoms with Crippen LogP contribution in [0.2, 0.25) is 0 Å². The summed E-state index contributed by atoms with van der Waals surface area (Å²) in [6.45, 7) is 5.25. The lowest BCUT2D eigenvalue weighted by atomic mass is 9.84. The summed E-state index contributed by atoms with van der Waals surface area (Å²) in [5.41, 5.74) is 2.54. The predicted molar refractivity (Wildman–Crippen MR) is 196 cm³/mol. The maximum Gasteiger partial charge on any atom is 0.329 e. The first-order valence-electron chi connectivity index (χ1n) is 17.1. The van der Waals surface area contributed by atoms with Crippen LogP contribution in [0.1, 0.15) is 61.9 Å². The Bertz CT molecular complexity index is 1780. The maximum atomic E-state index is 13.6. The summed E-state index contributed by atoms with van der Waals surface area (Å²) in [6, 6.07) is 30.4. The molecule has 6 rings (SSSR count). The second-order valence-corrected chi connectivity index (χ2v) is 14.4. The zero-order valence-corrected chi connectivity index (χ0v) is 29.7. The second kappa shape index (κ2) is 15.8. The summed E-state index contributed by atoms with van der Waals surface area (Å²) in [5.74, 6) is -0.657. The summed E-state index contributed by atoms with van der Waals surface area (Å²) in [7, 11) is 0. The number of carbonyl (C=O) groups is 3. The van der Waals surface area contributed by atoms with E-state index >= 15 is 0 Å². The van der Waals surface area contributed by atoms with Gasteiger partial charge in [-0.1, -0.05) is 111 Å². The Morgan fingerprint density at radius 3 is 2.14 bits per heavy atom. The molecule has 0 fully saturated rings. The molecular formula is C40H42N4O6S. The van der Waals surface area contributed by atoms with Crippen LogP contribution in [0.4, 0.5) is 0 Å². The third kappa shape index (κ3) is 8.09. The molecule has 3 aromatic carbocycles. The molecule has 0 saturated carbocycles. The van der Waals surface area contributed by atoms with Crippen LogP contribution >= 0.6 is 11.8 Å². The Morgan fingerprint density at radius 1 is 0.941 bits per heavy atom. The molecule has 0 radical (unpaired) electrons. The van der Waals surface area contributed by atoms with Gasteiger partial charge in [-0.2, -0.15) is 0 Å². The van der Waals surface area contributed by atoms with Crippen LogP contribution in [0.15, 0.2) is 119 Å². The van der Waals surface area contributed by atoms with Crippen molar-refractivity contribution < 1.29 is 28.3 Å². The molecule has 4 bridgehead atoms. The van der Waals surface area contributed by atoms with Gasteiger partial charge in [0.25, 0.3) is 5.91 Å². The molecule has 0 aliphatic carbocycles. The Hall–Kier alpha value is -5.16. The zero-order chi connectivity index (χ0) is 35.8. The quantitative estimate of drug-likeness (QED) is 0.0945. The van der Waals surface area contributed by atoms with E-state index in [1.54, 1.807) is 13.0 Å². The van der Waals surface area contributed by atoms with Gasteiger partial charge in [0.2, 0.25) is 17.7 Å². The molecule has 11 heteroatoms. The molecule has 264 valence electrons. The number of hydrogen-bond acceptors (Lipinski definition) is 9. The van der Waals surface area contributed by atoms with Gasteiger partial charge in [-0.25, -0.2) is 14.8 Å². The number of allylic oxidation sites excluding steroid dienone is 1. The van der Waals surface area contributed by atoms with Gasteiger partial charge in [0.05, 0.1) is 17.7 Å². The first kappa shape index (κ1) is 35.7. The fourth-order valence-corrected chi connectivity index (χ4v) is 7.60. The van der Waals surface area contributed by atoms with Crippen molar-refractivity contribution in [1.82, 2.24) is 15.6 Å². The number of nitrogens with zero attached hydrogens (tertiary/aromatic N) is 2. The van der Waals surface area contributed by atoms with E-state index in [2.05, 4.69) is 93.4 Å². The van der Waals surface area contributed by atoms with Gasteiger partial charge >= 0.3 is 5.97 Å². The van der Waals surface area contributed by atoms with E-state index in [1.807, 2.05) is 49.9 Å². The van der Waals surface area contributed by atoms with Gasteiger partial charge in [0, 0.05) is 0 Å². The van der Waals surface area contributed by atoms with E-state index in [0.29, 0.717) is 12.1 Å². The molecule has 3 heterocycles. The topological polar surface area (TPSA) is 132 Å². The lowest BCUT2D eigenvalue weighted by Gasteiger charge is -2.35. The zero-order valence-electron chi connectivity index (χ0n) is 28.9. The molecule has 0 spiro atoms. The number of amides is 2. The number of aliphatic imine (C=N–C) groups is 1. The van der Waals surface area contributed by atoms with Crippen molar-refractivity contribution in [2.45, 2.75) is 62.6 Å². The van der Waals surface area contributed by atoms with Crippen molar-refractivity contribution >= 4 is 35.4 Å². The number of cyclic esters (lactones) is 1. The molecule has 2 aliphatic rings. The maximum absolute atomic E-state index is 13.6. The summed E-state index contributed by atoms with van der Waals surface area (Å²) < 4.78 is 16.7. The van der Waals surface area contributed by atoms with Crippen LogP contribution in [-0.2, 0) is 35.1 Å². The fourth-order valence-electron chi connectivity index (χ4n) is 6.13. The summed E-state index contributed by atoms with van der Waals surface area (Å²) in [6.07, 6.45) is 4.69. The van der Waals surface area contributed by atoms with Crippen LogP contribution in [0.3, 0.4) is 0 Å². The highest BCUT2D eigenvalue weighted by molar-refractivity contribution is 8.00. The normalized spacial score (nSPS) is 21.5. The minimum Gasteiger partial charge on any atom is -0.473 e. The molecule has 2 aliphatic heterocycles. The highest BCUT2D eigenvalue weighted by atomic mass is 32.2. The summed E-state index contributed by atoms with van der Waals surface area (Å²) >= 11 is 1.82. The monoisotopic (exact) mass is 706 g/mol. The SMILES string of the molecule is CC(C)[C@@H]1NC(=O)[C@]2(C)COC(=N2)c2coc(n2)CNC(=O)CC(/C=C/CCSC(c2ccccc2)(c2ccccc2)c2ccccc2)OC1=O. The number of rotatable bonds is 9. The Kier molecular flexibility index (Phi) is 11.1. The molecule has 3 atom stereocenters. The van der Waals surface area contributed by atoms with Crippen molar-refractivity contribution in [2.24, 2.45) is 10.9 Å². The third-order valence-electron chi connectivity index (χ3n) is 8.89. The number of carbonyl (C=O) groups excluding carboxylic acids is 3. The van der Waals surface area contributed by atoms with Crippen molar-refractivity contribution in [2.75, 3.05) is 12.4 Å². The average molecular weight is 707 g/mol. The number of oxazole rings is 1. The van der Waals surface area contributed by atoms with Gasteiger partial charge in [-0.05, 0) is 47.8 Å². The molecule has 10 nitrogen and oxygen atoms in total. The van der Waals surface area contributed by atoms with E-state index in [9.17, 15) is 14.4 Å². The third-order valence-corrected chi connectivity index (χ3v) is 10.5. The molecular weight excluding hydrogens is 665 g/mol. The van der Waals surface area contributed by atoms with Gasteiger partial charge in [0.15, 0.2) is 11.2 Å². The van der Waals surface area contributed by atoms with E-state index in [4.69, 9.17) is 13.9 Å². The number of benzene rings is 3. The van der Waals surface area contributed by atoms with Crippen LogP contribution in [0, 0.1) is 5.92 Å². The Morgan fingerprint density at radius 2 is 1.55 bits per heavy atom. The van der Waals surface area contributed by atoms with E-state index in [1.165, 1.54) is 23.0 Å². The minimum atomic E-state index is -1.28. The highest BCUT2D eigenvalue weighted by Crippen LogP contribution is 2.48. The number of aromatic nitrogens is 1. The van der Waals surface area contributed by atoms with E-state index in [0.717, 1.165) is 5.75 Å². The minimum absolute atomic E-state index is 0.0139. The smallest absolute Gasteiger partial charge is 0.329 e. The highest BCUT2D eigenvalue weighted by Gasteiger charge is 2.43. The van der Waals surface area contributed by atoms with Crippen molar-refractivity contribution in [3.63, 3.8) is 0 Å². The first-order chi connectivity index (χ1) is 24.7. The number of fused-ring (bicyclic) bond motifs is 4. The number of thioether (sulfide) groups is 1. The lowest BCUT2D eigenvalue weighted by Crippen LogP contribution is -2.53. The summed E-state index contributed by atoms with van der Waals surface area (Å²) in [5, 5.41) is 5.61. The molecule has 1 aromatic heterocycles. The van der Waals surface area contributed by atoms with E-state index in [-0.39, 0.29) is 43.2 Å². The van der Waals surface area contributed by atoms with Crippen molar-refractivity contribution in [1.29, 1.82) is 0 Å². The van der Waals surface area contributed by atoms with Gasteiger partial charge < -0.3 is 24.5 Å². The van der Waals surface area contributed by atoms with Crippen LogP contribution < -0.4 is 10.6 Å². The molecule has 1 unspecified atom stereocenters. The number of hydrogen-bond donors (Lipinski definition) is 2. The van der Waals surface area contributed by atoms with Crippen LogP contribution in [0.5, 0.6) is 0 Å². The Labute approximate surface area is 302 Å². The van der Waals surface area contributed by atoms with Gasteiger partial charge in [0.1, 0.15) is 25.0 Å². The van der Waals surface area contributed by atoms with Crippen LogP contribution in [-0.4, -0.2) is 58.7 Å². The molecule has 2 N–H and O–H groups in total. The molecule has 4 aromatic rings. The number of nitrogens with one attached hydrogen (secondary N) is 2. The molecule has 51 heavy (non-hydrogen) atoms. The molecule has 0 saturated heterocycles. The Balaban J connectivity index is 1.23. The first-order valence-corrected chi connectivity index (χ1v) is 18.1. The second-order valence-electron chi connectivity index (χ2n) is 13.1. The van der Waals surface area contributed by atoms with Gasteiger partial charge in [-0.3, -0.25) is 9.59 Å². The lowest BCUT2D eigenvalue weighted by molar-refractivity contribution is -0.153. The van der Waals surface area contributed by atoms with Crippen molar-refractivity contribution in [3.05, 3.63) is 138 Å². The van der Waals surface area contributed by atoms with E-state index < -0.39 is 34.3 Å². The fraction of sp³-hybridized carbons (Fsp3) is 0.325. The number of esters is 1. The summed E-state index contributed by atoms with van der Waals surface area (Å²) in [4.78, 5) is 49.0. The average Bonchev–Trinajstić information content (AvgIpc) is 3.79. The predicted octanol–water partition coefficient (Wildman–Crippen LogP) is 5.95. The van der Waals surface area contributed by atoms with Crippen LogP contribution in [0.25, 0.3) is 0 Å².